The van der Waals surface area contributed by atoms with Crippen LogP contribution < -0.4 is 0 Å². The fourth-order valence-electron chi connectivity index (χ4n) is 1.57. The van der Waals surface area contributed by atoms with E-state index in [-0.39, 0.29) is 6.10 Å². The first-order valence-electron chi connectivity index (χ1n) is 5.10. The van der Waals surface area contributed by atoms with Crippen LogP contribution in [0.3, 0.4) is 0 Å². The molecule has 1 heteroatoms. The normalized spacial score (nSPS) is 15.6. The molecule has 2 atom stereocenters. The topological polar surface area (TPSA) is 20.2 Å². The van der Waals surface area contributed by atoms with Gasteiger partial charge in [-0.15, -0.1) is 0 Å². The first kappa shape index (κ1) is 11.0. The minimum Gasteiger partial charge on any atom is -0.388 e. The maximum Gasteiger partial charge on any atom is 0.0795 e. The van der Waals surface area contributed by atoms with Crippen molar-refractivity contribution < 1.29 is 5.11 Å². The summed E-state index contributed by atoms with van der Waals surface area (Å²) in [5, 5.41) is 9.88. The van der Waals surface area contributed by atoms with E-state index < -0.39 is 0 Å². The Kier molecular flexibility index (Phi) is 4.41. The van der Waals surface area contributed by atoms with Gasteiger partial charge in [0.15, 0.2) is 0 Å². The highest BCUT2D eigenvalue weighted by Crippen LogP contribution is 2.21. The maximum absolute atomic E-state index is 9.88. The molecule has 2 unspecified atom stereocenters. The summed E-state index contributed by atoms with van der Waals surface area (Å²) in [6, 6.07) is 9.81. The van der Waals surface area contributed by atoms with Crippen LogP contribution in [0.2, 0.25) is 0 Å². The lowest BCUT2D eigenvalue weighted by molar-refractivity contribution is 0.155. The second kappa shape index (κ2) is 5.61. The molecular formula is C13H18O. The summed E-state index contributed by atoms with van der Waals surface area (Å²) in [6.07, 6.45) is 4.59. The molecule has 0 aliphatic rings. The van der Waals surface area contributed by atoms with Crippen molar-refractivity contribution in [2.75, 3.05) is 0 Å². The summed E-state index contributed by atoms with van der Waals surface area (Å²) < 4.78 is 0. The van der Waals surface area contributed by atoms with Crippen LogP contribution in [0, 0.1) is 5.92 Å². The quantitative estimate of drug-likeness (QED) is 0.722. The average molecular weight is 190 g/mol. The molecule has 76 valence electrons. The minimum atomic E-state index is -0.345. The molecule has 1 aromatic rings. The second-order valence-electron chi connectivity index (χ2n) is 3.67. The number of aliphatic hydroxyl groups excluding tert-OH is 1. The van der Waals surface area contributed by atoms with Crippen molar-refractivity contribution in [3.63, 3.8) is 0 Å². The van der Waals surface area contributed by atoms with Crippen molar-refractivity contribution in [3.8, 4) is 0 Å². The Morgan fingerprint density at radius 1 is 1.29 bits per heavy atom. The molecule has 1 rings (SSSR count). The van der Waals surface area contributed by atoms with E-state index in [1.807, 2.05) is 43.3 Å². The Hall–Kier alpha value is -1.08. The number of allylic oxidation sites excluding steroid dienone is 2. The Labute approximate surface area is 86.1 Å². The predicted octanol–water partition coefficient (Wildman–Crippen LogP) is 3.32. The van der Waals surface area contributed by atoms with Crippen molar-refractivity contribution in [1.29, 1.82) is 0 Å². The van der Waals surface area contributed by atoms with Crippen LogP contribution in [0.15, 0.2) is 42.5 Å². The highest BCUT2D eigenvalue weighted by molar-refractivity contribution is 5.17. The van der Waals surface area contributed by atoms with Gasteiger partial charge in [-0.1, -0.05) is 49.4 Å². The van der Waals surface area contributed by atoms with Crippen molar-refractivity contribution in [1.82, 2.24) is 0 Å². The molecule has 0 radical (unpaired) electrons. The number of aliphatic hydroxyl groups is 1. The van der Waals surface area contributed by atoms with Gasteiger partial charge in [-0.25, -0.2) is 0 Å². The molecule has 14 heavy (non-hydrogen) atoms. The molecule has 0 bridgehead atoms. The van der Waals surface area contributed by atoms with Gasteiger partial charge in [-0.05, 0) is 24.8 Å². The van der Waals surface area contributed by atoms with Crippen LogP contribution in [0.4, 0.5) is 0 Å². The smallest absolute Gasteiger partial charge is 0.0795 e. The molecule has 0 saturated heterocycles. The van der Waals surface area contributed by atoms with E-state index in [4.69, 9.17) is 0 Å². The van der Waals surface area contributed by atoms with Gasteiger partial charge < -0.3 is 5.11 Å². The second-order valence-corrected chi connectivity index (χ2v) is 3.67. The molecule has 0 amide bonds. The molecule has 1 aromatic carbocycles. The van der Waals surface area contributed by atoms with E-state index in [9.17, 15) is 5.11 Å². The molecule has 0 fully saturated rings. The van der Waals surface area contributed by atoms with Crippen LogP contribution in [-0.2, 0) is 0 Å². The van der Waals surface area contributed by atoms with Gasteiger partial charge in [0.1, 0.15) is 0 Å². The maximum atomic E-state index is 9.88. The van der Waals surface area contributed by atoms with E-state index in [0.29, 0.717) is 5.92 Å². The molecular weight excluding hydrogens is 172 g/mol. The van der Waals surface area contributed by atoms with Crippen LogP contribution >= 0.6 is 0 Å². The standard InChI is InChI=1S/C13H18O/c1-3-7-11(2)10-13(14)12-8-5-4-6-9-12/h3-9,11,13-14H,10H2,1-2H3. The summed E-state index contributed by atoms with van der Waals surface area (Å²) in [7, 11) is 0. The molecule has 0 aromatic heterocycles. The Morgan fingerprint density at radius 2 is 1.93 bits per heavy atom. The van der Waals surface area contributed by atoms with Gasteiger partial charge in [0.25, 0.3) is 0 Å². The summed E-state index contributed by atoms with van der Waals surface area (Å²) in [6.45, 7) is 4.12. The SMILES string of the molecule is CC=CC(C)CC(O)c1ccccc1. The fraction of sp³-hybridized carbons (Fsp3) is 0.385. The first-order chi connectivity index (χ1) is 6.74. The first-order valence-corrected chi connectivity index (χ1v) is 5.10. The summed E-state index contributed by atoms with van der Waals surface area (Å²) in [5.41, 5.74) is 1.00. The van der Waals surface area contributed by atoms with Gasteiger partial charge in [0.2, 0.25) is 0 Å². The third-order valence-corrected chi connectivity index (χ3v) is 2.30. The molecule has 0 aliphatic carbocycles. The van der Waals surface area contributed by atoms with Gasteiger partial charge in [0, 0.05) is 0 Å². The van der Waals surface area contributed by atoms with Crippen molar-refractivity contribution in [2.45, 2.75) is 26.4 Å². The summed E-state index contributed by atoms with van der Waals surface area (Å²) in [4.78, 5) is 0. The molecule has 1 N–H and O–H groups in total. The average Bonchev–Trinajstić information content (AvgIpc) is 2.19. The van der Waals surface area contributed by atoms with Gasteiger partial charge in [-0.3, -0.25) is 0 Å². The number of benzene rings is 1. The third-order valence-electron chi connectivity index (χ3n) is 2.30. The Bertz CT molecular complexity index is 277. The Morgan fingerprint density at radius 3 is 2.50 bits per heavy atom. The van der Waals surface area contributed by atoms with Crippen LogP contribution in [0.25, 0.3) is 0 Å². The monoisotopic (exact) mass is 190 g/mol. The summed E-state index contributed by atoms with van der Waals surface area (Å²) >= 11 is 0. The lowest BCUT2D eigenvalue weighted by Crippen LogP contribution is -2.02. The van der Waals surface area contributed by atoms with Crippen LogP contribution in [0.5, 0.6) is 0 Å². The molecule has 1 nitrogen and oxygen atoms in total. The van der Waals surface area contributed by atoms with E-state index in [2.05, 4.69) is 13.0 Å². The highest BCUT2D eigenvalue weighted by Gasteiger charge is 2.09. The Balaban J connectivity index is 2.54. The number of hydrogen-bond acceptors (Lipinski definition) is 1. The van der Waals surface area contributed by atoms with Crippen molar-refractivity contribution in [3.05, 3.63) is 48.0 Å². The zero-order valence-electron chi connectivity index (χ0n) is 8.85. The van der Waals surface area contributed by atoms with E-state index in [0.717, 1.165) is 12.0 Å². The number of rotatable bonds is 4. The zero-order chi connectivity index (χ0) is 10.4. The van der Waals surface area contributed by atoms with Gasteiger partial charge in [-0.2, -0.15) is 0 Å². The highest BCUT2D eigenvalue weighted by atomic mass is 16.3. The van der Waals surface area contributed by atoms with Gasteiger partial charge in [0.05, 0.1) is 6.10 Å². The molecule has 0 heterocycles. The number of hydrogen-bond donors (Lipinski definition) is 1. The van der Waals surface area contributed by atoms with E-state index in [1.54, 1.807) is 0 Å². The molecule has 0 saturated carbocycles. The molecule has 0 aliphatic heterocycles. The zero-order valence-corrected chi connectivity index (χ0v) is 8.85. The molecule has 0 spiro atoms. The largest absolute Gasteiger partial charge is 0.388 e. The fourth-order valence-corrected chi connectivity index (χ4v) is 1.57. The van der Waals surface area contributed by atoms with Crippen molar-refractivity contribution in [2.24, 2.45) is 5.92 Å². The van der Waals surface area contributed by atoms with Gasteiger partial charge >= 0.3 is 0 Å². The minimum absolute atomic E-state index is 0.345. The van der Waals surface area contributed by atoms with E-state index in [1.165, 1.54) is 0 Å². The van der Waals surface area contributed by atoms with E-state index >= 15 is 0 Å². The van der Waals surface area contributed by atoms with Crippen molar-refractivity contribution >= 4 is 0 Å². The lowest BCUT2D eigenvalue weighted by atomic mass is 9.98. The van der Waals surface area contributed by atoms with Crippen LogP contribution in [0.1, 0.15) is 31.9 Å². The summed E-state index contributed by atoms with van der Waals surface area (Å²) in [5.74, 6) is 0.426. The lowest BCUT2D eigenvalue weighted by Gasteiger charge is -2.13. The van der Waals surface area contributed by atoms with Crippen LogP contribution in [-0.4, -0.2) is 5.11 Å². The third kappa shape index (κ3) is 3.35. The predicted molar refractivity (Wildman–Crippen MR) is 60.0 cm³/mol.